The Hall–Kier alpha value is -3.87. The average molecular weight is 419 g/mol. The van der Waals surface area contributed by atoms with Gasteiger partial charge in [-0.3, -0.25) is 14.6 Å². The molecule has 7 nitrogen and oxygen atoms in total. The summed E-state index contributed by atoms with van der Waals surface area (Å²) in [6, 6.07) is 16.4. The smallest absolute Gasteiger partial charge is 0.267 e. The lowest BCUT2D eigenvalue weighted by atomic mass is 10.1. The number of hydrogen-bond donors (Lipinski definition) is 2. The van der Waals surface area contributed by atoms with Gasteiger partial charge in [-0.15, -0.1) is 0 Å². The molecule has 7 heteroatoms. The van der Waals surface area contributed by atoms with Gasteiger partial charge in [0.25, 0.3) is 11.8 Å². The maximum absolute atomic E-state index is 12.4. The lowest BCUT2D eigenvalue weighted by molar-refractivity contribution is 0.0952. The van der Waals surface area contributed by atoms with Gasteiger partial charge in [0.2, 0.25) is 0 Å². The first-order valence-electron chi connectivity index (χ1n) is 9.85. The number of rotatable bonds is 9. The number of pyridine rings is 1. The summed E-state index contributed by atoms with van der Waals surface area (Å²) in [5, 5.41) is 2.95. The first kappa shape index (κ1) is 21.8. The molecule has 0 bridgehead atoms. The second-order valence-electron chi connectivity index (χ2n) is 7.04. The van der Waals surface area contributed by atoms with E-state index in [2.05, 4.69) is 10.3 Å². The van der Waals surface area contributed by atoms with Crippen LogP contribution in [0.1, 0.15) is 37.5 Å². The Morgan fingerprint density at radius 1 is 1.03 bits per heavy atom. The Bertz CT molecular complexity index is 1080. The molecule has 0 saturated heterocycles. The predicted molar refractivity (Wildman–Crippen MR) is 117 cm³/mol. The normalized spacial score (nSPS) is 10.4. The lowest BCUT2D eigenvalue weighted by Gasteiger charge is -2.11. The van der Waals surface area contributed by atoms with Crippen molar-refractivity contribution in [2.75, 3.05) is 13.7 Å². The van der Waals surface area contributed by atoms with E-state index in [-0.39, 0.29) is 11.6 Å². The first-order valence-corrected chi connectivity index (χ1v) is 9.85. The molecule has 1 aromatic heterocycles. The number of carbonyl (C=O) groups excluding carboxylic acids is 2. The van der Waals surface area contributed by atoms with Gasteiger partial charge in [0.05, 0.1) is 7.11 Å². The second-order valence-corrected chi connectivity index (χ2v) is 7.04. The van der Waals surface area contributed by atoms with Crippen LogP contribution < -0.4 is 20.5 Å². The summed E-state index contributed by atoms with van der Waals surface area (Å²) in [7, 11) is 1.60. The monoisotopic (exact) mass is 419 g/mol. The summed E-state index contributed by atoms with van der Waals surface area (Å²) >= 11 is 0. The number of hydrogen-bond acceptors (Lipinski definition) is 5. The van der Waals surface area contributed by atoms with Crippen LogP contribution in [0.5, 0.6) is 11.5 Å². The number of primary amides is 1. The molecule has 0 spiro atoms. The highest BCUT2D eigenvalue weighted by Crippen LogP contribution is 2.18. The minimum atomic E-state index is -0.573. The minimum absolute atomic E-state index is 0.115. The molecule has 0 unspecified atom stereocenters. The molecule has 0 saturated carbocycles. The minimum Gasteiger partial charge on any atom is -0.497 e. The number of aromatic nitrogens is 1. The molecule has 160 valence electrons. The van der Waals surface area contributed by atoms with Gasteiger partial charge in [0.15, 0.2) is 0 Å². The van der Waals surface area contributed by atoms with Crippen LogP contribution in [0.25, 0.3) is 0 Å². The molecule has 0 aliphatic heterocycles. The van der Waals surface area contributed by atoms with E-state index in [9.17, 15) is 9.59 Å². The SMILES string of the molecule is COc1ccc(C(=O)NCCc2cccc(OCc3ccnc(C(N)=O)c3)c2)c(C)c1. The zero-order valence-corrected chi connectivity index (χ0v) is 17.6. The van der Waals surface area contributed by atoms with Crippen molar-refractivity contribution in [2.45, 2.75) is 20.0 Å². The maximum Gasteiger partial charge on any atom is 0.267 e. The molecule has 1 heterocycles. The summed E-state index contributed by atoms with van der Waals surface area (Å²) in [6.07, 6.45) is 2.20. The van der Waals surface area contributed by atoms with Crippen molar-refractivity contribution in [1.82, 2.24) is 10.3 Å². The molecular formula is C24H25N3O4. The van der Waals surface area contributed by atoms with E-state index in [1.165, 1.54) is 6.20 Å². The van der Waals surface area contributed by atoms with E-state index in [1.807, 2.05) is 37.3 Å². The number of nitrogens with one attached hydrogen (secondary N) is 1. The van der Waals surface area contributed by atoms with E-state index >= 15 is 0 Å². The van der Waals surface area contributed by atoms with Crippen LogP contribution in [0.15, 0.2) is 60.8 Å². The number of methoxy groups -OCH3 is 1. The molecule has 0 aliphatic carbocycles. The second kappa shape index (κ2) is 10.2. The number of amides is 2. The van der Waals surface area contributed by atoms with Crippen LogP contribution in [0.2, 0.25) is 0 Å². The van der Waals surface area contributed by atoms with Gasteiger partial charge < -0.3 is 20.5 Å². The van der Waals surface area contributed by atoms with E-state index in [1.54, 1.807) is 31.4 Å². The van der Waals surface area contributed by atoms with Crippen LogP contribution in [-0.2, 0) is 13.0 Å². The summed E-state index contributed by atoms with van der Waals surface area (Å²) in [5.74, 6) is 0.738. The average Bonchev–Trinajstić information content (AvgIpc) is 2.78. The van der Waals surface area contributed by atoms with Crippen molar-refractivity contribution in [3.05, 3.63) is 88.7 Å². The van der Waals surface area contributed by atoms with Gasteiger partial charge in [0.1, 0.15) is 23.8 Å². The van der Waals surface area contributed by atoms with Gasteiger partial charge in [-0.25, -0.2) is 0 Å². The number of nitrogens with two attached hydrogens (primary N) is 1. The highest BCUT2D eigenvalue weighted by Gasteiger charge is 2.09. The lowest BCUT2D eigenvalue weighted by Crippen LogP contribution is -2.26. The number of benzene rings is 2. The summed E-state index contributed by atoms with van der Waals surface area (Å²) in [6.45, 7) is 2.67. The molecule has 3 aromatic rings. The molecule has 3 N–H and O–H groups in total. The van der Waals surface area contributed by atoms with Crippen LogP contribution in [-0.4, -0.2) is 30.5 Å². The van der Waals surface area contributed by atoms with Crippen LogP contribution in [0.4, 0.5) is 0 Å². The Morgan fingerprint density at radius 2 is 1.87 bits per heavy atom. The zero-order valence-electron chi connectivity index (χ0n) is 17.6. The Balaban J connectivity index is 1.53. The van der Waals surface area contributed by atoms with Crippen LogP contribution >= 0.6 is 0 Å². The summed E-state index contributed by atoms with van der Waals surface area (Å²) in [4.78, 5) is 27.6. The molecule has 2 amide bonds. The highest BCUT2D eigenvalue weighted by atomic mass is 16.5. The molecule has 0 fully saturated rings. The van der Waals surface area contributed by atoms with Crippen molar-refractivity contribution in [3.8, 4) is 11.5 Å². The fourth-order valence-electron chi connectivity index (χ4n) is 3.09. The first-order chi connectivity index (χ1) is 15.0. The standard InChI is InChI=1S/C24H25N3O4/c1-16-12-19(30-2)6-7-21(16)24(29)27-11-8-17-4-3-5-20(13-17)31-15-18-9-10-26-22(14-18)23(25)28/h3-7,9-10,12-14H,8,11,15H2,1-2H3,(H2,25,28)(H,27,29). The molecule has 0 atom stereocenters. The molecule has 2 aromatic carbocycles. The number of nitrogens with zero attached hydrogens (tertiary/aromatic N) is 1. The number of carbonyl (C=O) groups is 2. The highest BCUT2D eigenvalue weighted by molar-refractivity contribution is 5.95. The molecule has 3 rings (SSSR count). The van der Waals surface area contributed by atoms with Crippen molar-refractivity contribution in [3.63, 3.8) is 0 Å². The fourth-order valence-corrected chi connectivity index (χ4v) is 3.09. The van der Waals surface area contributed by atoms with E-state index in [4.69, 9.17) is 15.2 Å². The largest absolute Gasteiger partial charge is 0.497 e. The van der Waals surface area contributed by atoms with Crippen LogP contribution in [0, 0.1) is 6.92 Å². The summed E-state index contributed by atoms with van der Waals surface area (Å²) in [5.41, 5.74) is 8.80. The van der Waals surface area contributed by atoms with Gasteiger partial charge >= 0.3 is 0 Å². The summed E-state index contributed by atoms with van der Waals surface area (Å²) < 4.78 is 11.0. The number of ether oxygens (including phenoxy) is 2. The quantitative estimate of drug-likeness (QED) is 0.555. The topological polar surface area (TPSA) is 104 Å². The molecular weight excluding hydrogens is 394 g/mol. The third-order valence-electron chi connectivity index (χ3n) is 4.76. The Morgan fingerprint density at radius 3 is 2.61 bits per heavy atom. The third-order valence-corrected chi connectivity index (χ3v) is 4.76. The van der Waals surface area contributed by atoms with Crippen molar-refractivity contribution in [2.24, 2.45) is 5.73 Å². The fraction of sp³-hybridized carbons (Fsp3) is 0.208. The van der Waals surface area contributed by atoms with Gasteiger partial charge in [-0.1, -0.05) is 12.1 Å². The van der Waals surface area contributed by atoms with Gasteiger partial charge in [-0.05, 0) is 72.5 Å². The van der Waals surface area contributed by atoms with E-state index < -0.39 is 5.91 Å². The van der Waals surface area contributed by atoms with Crippen LogP contribution in [0.3, 0.4) is 0 Å². The van der Waals surface area contributed by atoms with E-state index in [0.29, 0.717) is 30.9 Å². The molecule has 0 radical (unpaired) electrons. The van der Waals surface area contributed by atoms with Crippen molar-refractivity contribution >= 4 is 11.8 Å². The van der Waals surface area contributed by atoms with Crippen molar-refractivity contribution in [1.29, 1.82) is 0 Å². The molecule has 0 aliphatic rings. The number of aryl methyl sites for hydroxylation is 1. The van der Waals surface area contributed by atoms with Gasteiger partial charge in [-0.2, -0.15) is 0 Å². The van der Waals surface area contributed by atoms with Gasteiger partial charge in [0, 0.05) is 18.3 Å². The Labute approximate surface area is 181 Å². The maximum atomic E-state index is 12.4. The van der Waals surface area contributed by atoms with E-state index in [0.717, 1.165) is 22.4 Å². The third kappa shape index (κ3) is 6.05. The van der Waals surface area contributed by atoms with Crippen molar-refractivity contribution < 1.29 is 19.1 Å². The Kier molecular flexibility index (Phi) is 7.22. The molecule has 31 heavy (non-hydrogen) atoms. The zero-order chi connectivity index (χ0) is 22.2. The predicted octanol–water partition coefficient (Wildman–Crippen LogP) is 3.05.